The predicted octanol–water partition coefficient (Wildman–Crippen LogP) is 14.5. The summed E-state index contributed by atoms with van der Waals surface area (Å²) in [5, 5.41) is 18.6. The Morgan fingerprint density at radius 1 is 0.345 bits per heavy atom. The van der Waals surface area contributed by atoms with Crippen LogP contribution in [0.3, 0.4) is 0 Å². The monoisotopic (exact) mass is 718 g/mol. The summed E-state index contributed by atoms with van der Waals surface area (Å²) in [6, 6.07) is 44.1. The third kappa shape index (κ3) is 9.16. The van der Waals surface area contributed by atoms with Crippen molar-refractivity contribution in [1.29, 1.82) is 10.5 Å². The van der Waals surface area contributed by atoms with Crippen LogP contribution in [0.2, 0.25) is 0 Å². The van der Waals surface area contributed by atoms with Crippen molar-refractivity contribution in [1.82, 2.24) is 0 Å². The van der Waals surface area contributed by atoms with Crippen molar-refractivity contribution in [3.63, 3.8) is 0 Å². The molecule has 0 N–H and O–H groups in total. The molecule has 0 aromatic heterocycles. The van der Waals surface area contributed by atoms with Gasteiger partial charge in [-0.1, -0.05) is 129 Å². The highest BCUT2D eigenvalue weighted by molar-refractivity contribution is 5.79. The van der Waals surface area contributed by atoms with Crippen molar-refractivity contribution in [2.45, 2.75) is 99.3 Å². The minimum atomic E-state index is 0.738. The van der Waals surface area contributed by atoms with Crippen LogP contribution in [-0.4, -0.2) is 0 Å². The second kappa shape index (κ2) is 18.1. The molecule has 6 aromatic carbocycles. The Labute approximate surface area is 330 Å². The van der Waals surface area contributed by atoms with Gasteiger partial charge < -0.3 is 0 Å². The molecule has 0 saturated heterocycles. The van der Waals surface area contributed by atoms with Crippen LogP contribution in [0.4, 0.5) is 0 Å². The molecule has 0 radical (unpaired) electrons. The number of hydrogen-bond acceptors (Lipinski definition) is 2. The third-order valence-corrected chi connectivity index (χ3v) is 11.9. The van der Waals surface area contributed by atoms with Gasteiger partial charge in [0.05, 0.1) is 23.3 Å². The Bertz CT molecular complexity index is 2190. The highest BCUT2D eigenvalue weighted by atomic mass is 14.3. The quantitative estimate of drug-likeness (QED) is 0.105. The van der Waals surface area contributed by atoms with E-state index in [2.05, 4.69) is 137 Å². The minimum absolute atomic E-state index is 0.738. The molecule has 0 unspecified atom stereocenters. The maximum Gasteiger partial charge on any atom is 0.0994 e. The summed E-state index contributed by atoms with van der Waals surface area (Å²) >= 11 is 0. The Morgan fingerprint density at radius 3 is 0.945 bits per heavy atom. The Balaban J connectivity index is 0.900. The van der Waals surface area contributed by atoms with Crippen LogP contribution >= 0.6 is 0 Å². The second-order valence-corrected chi connectivity index (χ2v) is 15.5. The highest BCUT2D eigenvalue weighted by Crippen LogP contribution is 2.35. The molecule has 0 saturated carbocycles. The average Bonchev–Trinajstić information content (AvgIpc) is 3.20. The van der Waals surface area contributed by atoms with Gasteiger partial charge in [0.2, 0.25) is 0 Å². The van der Waals surface area contributed by atoms with Crippen LogP contribution in [0.15, 0.2) is 109 Å². The van der Waals surface area contributed by atoms with Gasteiger partial charge in [0.1, 0.15) is 0 Å². The molecule has 0 spiro atoms. The number of rotatable bonds is 14. The molecule has 0 heterocycles. The molecule has 0 bridgehead atoms. The number of hydrogen-bond donors (Lipinski definition) is 0. The fourth-order valence-corrected chi connectivity index (χ4v) is 8.05. The van der Waals surface area contributed by atoms with Gasteiger partial charge in [0.15, 0.2) is 0 Å². The largest absolute Gasteiger partial charge is 0.192 e. The van der Waals surface area contributed by atoms with Crippen LogP contribution in [0.5, 0.6) is 0 Å². The van der Waals surface area contributed by atoms with Crippen molar-refractivity contribution >= 4 is 0 Å². The summed E-state index contributed by atoms with van der Waals surface area (Å²) in [6.07, 6.45) is 11.3. The normalized spacial score (nSPS) is 11.0. The number of nitriles is 2. The predicted molar refractivity (Wildman–Crippen MR) is 232 cm³/mol. The fourth-order valence-electron chi connectivity index (χ4n) is 8.05. The molecular formula is C53H54N2. The standard InChI is InChI=1S/C53H54N2/c1-36-32-46(24-26-48(36)34-54)52-30-28-50(38(3)40(52)5)44-20-16-42(17-21-44)14-12-10-8-7-9-11-13-15-43-18-22-45(23-19-43)51-29-31-53(41(6)39(51)4)47-25-27-49(35-55)37(2)33-47/h16-33H,7-15H2,1-6H3. The Hall–Kier alpha value is -5.70. The van der Waals surface area contributed by atoms with E-state index in [9.17, 15) is 10.5 Å². The molecule has 0 aliphatic heterocycles. The second-order valence-electron chi connectivity index (χ2n) is 15.5. The maximum atomic E-state index is 9.32. The lowest BCUT2D eigenvalue weighted by Crippen LogP contribution is -1.94. The minimum Gasteiger partial charge on any atom is -0.192 e. The van der Waals surface area contributed by atoms with Gasteiger partial charge in [-0.25, -0.2) is 0 Å². The molecule has 55 heavy (non-hydrogen) atoms. The lowest BCUT2D eigenvalue weighted by molar-refractivity contribution is 0.579. The first-order valence-electron chi connectivity index (χ1n) is 20.1. The molecule has 2 heteroatoms. The van der Waals surface area contributed by atoms with E-state index in [0.717, 1.165) is 35.1 Å². The maximum absolute atomic E-state index is 9.32. The van der Waals surface area contributed by atoms with Crippen LogP contribution in [0.25, 0.3) is 44.5 Å². The van der Waals surface area contributed by atoms with Crippen LogP contribution < -0.4 is 0 Å². The molecule has 0 aliphatic rings. The van der Waals surface area contributed by atoms with Crippen molar-refractivity contribution in [2.75, 3.05) is 0 Å². The van der Waals surface area contributed by atoms with Gasteiger partial charge in [-0.15, -0.1) is 0 Å². The van der Waals surface area contributed by atoms with E-state index in [4.69, 9.17) is 0 Å². The summed E-state index contributed by atoms with van der Waals surface area (Å²) < 4.78 is 0. The number of unbranched alkanes of at least 4 members (excludes halogenated alkanes) is 6. The molecule has 0 atom stereocenters. The Morgan fingerprint density at radius 2 is 0.636 bits per heavy atom. The van der Waals surface area contributed by atoms with E-state index in [0.29, 0.717) is 0 Å². The van der Waals surface area contributed by atoms with E-state index >= 15 is 0 Å². The van der Waals surface area contributed by atoms with Gasteiger partial charge in [0.25, 0.3) is 0 Å². The molecule has 0 amide bonds. The summed E-state index contributed by atoms with van der Waals surface area (Å²) in [4.78, 5) is 0. The lowest BCUT2D eigenvalue weighted by Gasteiger charge is -2.15. The first kappa shape index (κ1) is 39.0. The van der Waals surface area contributed by atoms with E-state index in [1.165, 1.54) is 123 Å². The third-order valence-electron chi connectivity index (χ3n) is 11.9. The molecule has 6 aromatic rings. The fraction of sp³-hybridized carbons (Fsp3) is 0.283. The number of aryl methyl sites for hydroxylation is 4. The first-order valence-corrected chi connectivity index (χ1v) is 20.1. The molecule has 0 aliphatic carbocycles. The van der Waals surface area contributed by atoms with Crippen LogP contribution in [-0.2, 0) is 12.8 Å². The molecular weight excluding hydrogens is 665 g/mol. The van der Waals surface area contributed by atoms with Gasteiger partial charge in [-0.05, 0) is 168 Å². The number of benzene rings is 6. The summed E-state index contributed by atoms with van der Waals surface area (Å²) in [5.41, 5.74) is 21.5. The van der Waals surface area contributed by atoms with E-state index in [1.807, 2.05) is 26.0 Å². The van der Waals surface area contributed by atoms with Crippen LogP contribution in [0, 0.1) is 64.2 Å². The number of nitrogens with zero attached hydrogens (tertiary/aromatic N) is 2. The molecule has 0 fully saturated rings. The van der Waals surface area contributed by atoms with Gasteiger partial charge in [-0.3, -0.25) is 0 Å². The van der Waals surface area contributed by atoms with Gasteiger partial charge in [0, 0.05) is 0 Å². The first-order chi connectivity index (χ1) is 26.7. The summed E-state index contributed by atoms with van der Waals surface area (Å²) in [6.45, 7) is 12.9. The van der Waals surface area contributed by atoms with Crippen molar-refractivity contribution in [2.24, 2.45) is 0 Å². The SMILES string of the molecule is Cc1cc(-c2ccc(-c3ccc(CCCCCCCCCc4ccc(-c5ccc(-c6ccc(C#N)c(C)c6)c(C)c5C)cc4)cc3)c(C)c2C)ccc1C#N. The van der Waals surface area contributed by atoms with E-state index in [-0.39, 0.29) is 0 Å². The molecule has 276 valence electrons. The molecule has 6 rings (SSSR count). The zero-order valence-electron chi connectivity index (χ0n) is 33.7. The van der Waals surface area contributed by atoms with Crippen molar-refractivity contribution in [3.05, 3.63) is 165 Å². The smallest absolute Gasteiger partial charge is 0.0994 e. The Kier molecular flexibility index (Phi) is 12.8. The topological polar surface area (TPSA) is 47.6 Å². The summed E-state index contributed by atoms with van der Waals surface area (Å²) in [5.74, 6) is 0. The van der Waals surface area contributed by atoms with Gasteiger partial charge >= 0.3 is 0 Å². The molecule has 2 nitrogen and oxygen atoms in total. The average molecular weight is 719 g/mol. The van der Waals surface area contributed by atoms with Crippen LogP contribution in [0.1, 0.15) is 101 Å². The van der Waals surface area contributed by atoms with Gasteiger partial charge in [-0.2, -0.15) is 10.5 Å². The van der Waals surface area contributed by atoms with Crippen molar-refractivity contribution < 1.29 is 0 Å². The lowest BCUT2D eigenvalue weighted by atomic mass is 9.89. The zero-order chi connectivity index (χ0) is 38.9. The highest BCUT2D eigenvalue weighted by Gasteiger charge is 2.13. The van der Waals surface area contributed by atoms with E-state index < -0.39 is 0 Å². The summed E-state index contributed by atoms with van der Waals surface area (Å²) in [7, 11) is 0. The van der Waals surface area contributed by atoms with Crippen molar-refractivity contribution in [3.8, 4) is 56.6 Å². The van der Waals surface area contributed by atoms with E-state index in [1.54, 1.807) is 0 Å². The zero-order valence-corrected chi connectivity index (χ0v) is 33.7.